The molecule has 0 aliphatic rings. The molecule has 4 rings (SSSR count). The highest BCUT2D eigenvalue weighted by Gasteiger charge is 2.29. The lowest BCUT2D eigenvalue weighted by Gasteiger charge is -2.21. The number of carbonyl (C=O) groups is 1. The standard InChI is InChI=1S/C28H28BrN3O4/c1-18-25(32-26(35-18)21-5-4-6-22(29)14-21)15-23-13-20(11-12-31-23)17-30-16-19-7-9-24(10-8-19)36-28(2,3)27(33)34/h4-14,30H,15-17H2,1-3H3,(H,33,34). The van der Waals surface area contributed by atoms with E-state index in [0.717, 1.165) is 38.3 Å². The summed E-state index contributed by atoms with van der Waals surface area (Å²) in [6.45, 7) is 6.33. The molecular weight excluding hydrogens is 522 g/mol. The van der Waals surface area contributed by atoms with Gasteiger partial charge in [0.1, 0.15) is 11.5 Å². The molecule has 0 atom stereocenters. The molecule has 7 nitrogen and oxygen atoms in total. The first-order chi connectivity index (χ1) is 17.2. The van der Waals surface area contributed by atoms with Crippen LogP contribution in [0.5, 0.6) is 5.75 Å². The number of ether oxygens (including phenoxy) is 1. The van der Waals surface area contributed by atoms with Crippen LogP contribution in [0.25, 0.3) is 11.5 Å². The van der Waals surface area contributed by atoms with Gasteiger partial charge in [-0.05, 0) is 74.4 Å². The van der Waals surface area contributed by atoms with Gasteiger partial charge in [-0.15, -0.1) is 0 Å². The summed E-state index contributed by atoms with van der Waals surface area (Å²) < 4.78 is 12.4. The number of hydrogen-bond donors (Lipinski definition) is 2. The first kappa shape index (κ1) is 25.6. The third-order valence-corrected chi connectivity index (χ3v) is 6.16. The quantitative estimate of drug-likeness (QED) is 0.253. The molecule has 0 unspecified atom stereocenters. The number of pyridine rings is 1. The van der Waals surface area contributed by atoms with Crippen LogP contribution < -0.4 is 10.1 Å². The predicted octanol–water partition coefficient (Wildman–Crippen LogP) is 5.93. The van der Waals surface area contributed by atoms with Crippen molar-refractivity contribution in [1.29, 1.82) is 0 Å². The minimum atomic E-state index is -1.27. The van der Waals surface area contributed by atoms with Gasteiger partial charge in [0.25, 0.3) is 0 Å². The van der Waals surface area contributed by atoms with Crippen molar-refractivity contribution in [2.75, 3.05) is 0 Å². The fourth-order valence-electron chi connectivity index (χ4n) is 3.61. The summed E-state index contributed by atoms with van der Waals surface area (Å²) in [5.74, 6) is 0.906. The SMILES string of the molecule is Cc1oc(-c2cccc(Br)c2)nc1Cc1cc(CNCc2ccc(OC(C)(C)C(=O)O)cc2)ccn1. The number of hydrogen-bond acceptors (Lipinski definition) is 6. The molecule has 0 aliphatic heterocycles. The number of halogens is 1. The minimum absolute atomic E-state index is 0.524. The van der Waals surface area contributed by atoms with Crippen LogP contribution in [0, 0.1) is 6.92 Å². The van der Waals surface area contributed by atoms with E-state index in [0.29, 0.717) is 31.2 Å². The molecule has 2 N–H and O–H groups in total. The minimum Gasteiger partial charge on any atom is -0.478 e. The Morgan fingerprint density at radius 1 is 1.08 bits per heavy atom. The Kier molecular flexibility index (Phi) is 7.86. The van der Waals surface area contributed by atoms with Crippen LogP contribution in [0.2, 0.25) is 0 Å². The molecule has 8 heteroatoms. The maximum Gasteiger partial charge on any atom is 0.347 e. The fourth-order valence-corrected chi connectivity index (χ4v) is 4.01. The molecule has 0 aliphatic carbocycles. The normalized spacial score (nSPS) is 11.4. The van der Waals surface area contributed by atoms with Gasteiger partial charge in [0.2, 0.25) is 5.89 Å². The van der Waals surface area contributed by atoms with E-state index in [1.54, 1.807) is 12.1 Å². The van der Waals surface area contributed by atoms with Crippen LogP contribution >= 0.6 is 15.9 Å². The molecule has 0 bridgehead atoms. The van der Waals surface area contributed by atoms with Crippen molar-refractivity contribution in [3.8, 4) is 17.2 Å². The van der Waals surface area contributed by atoms with Crippen molar-refractivity contribution in [2.45, 2.75) is 45.9 Å². The Labute approximate surface area is 218 Å². The van der Waals surface area contributed by atoms with Crippen LogP contribution in [0.3, 0.4) is 0 Å². The number of nitrogens with zero attached hydrogens (tertiary/aromatic N) is 2. The lowest BCUT2D eigenvalue weighted by molar-refractivity contribution is -0.152. The Morgan fingerprint density at radius 3 is 2.56 bits per heavy atom. The second-order valence-electron chi connectivity index (χ2n) is 9.03. The predicted molar refractivity (Wildman–Crippen MR) is 141 cm³/mol. The zero-order valence-corrected chi connectivity index (χ0v) is 22.0. The lowest BCUT2D eigenvalue weighted by atomic mass is 10.1. The Bertz CT molecular complexity index is 1350. The second-order valence-corrected chi connectivity index (χ2v) is 9.95. The summed E-state index contributed by atoms with van der Waals surface area (Å²) in [5, 5.41) is 12.6. The highest BCUT2D eigenvalue weighted by molar-refractivity contribution is 9.10. The zero-order valence-electron chi connectivity index (χ0n) is 20.4. The summed E-state index contributed by atoms with van der Waals surface area (Å²) in [6.07, 6.45) is 2.40. The number of carboxylic acids is 1. The number of rotatable bonds is 10. The first-order valence-electron chi connectivity index (χ1n) is 11.6. The fraction of sp³-hybridized carbons (Fsp3) is 0.250. The van der Waals surface area contributed by atoms with E-state index in [1.807, 2.05) is 55.6 Å². The average molecular weight is 550 g/mol. The number of aryl methyl sites for hydroxylation is 1. The van der Waals surface area contributed by atoms with E-state index >= 15 is 0 Å². The van der Waals surface area contributed by atoms with Crippen LogP contribution in [-0.4, -0.2) is 26.6 Å². The van der Waals surface area contributed by atoms with E-state index in [9.17, 15) is 9.90 Å². The summed E-state index contributed by atoms with van der Waals surface area (Å²) in [5.41, 5.74) is 3.64. The van der Waals surface area contributed by atoms with Gasteiger partial charge in [0, 0.05) is 41.4 Å². The van der Waals surface area contributed by atoms with Gasteiger partial charge < -0.3 is 19.6 Å². The molecule has 2 heterocycles. The molecular formula is C28H28BrN3O4. The maximum atomic E-state index is 11.2. The smallest absolute Gasteiger partial charge is 0.347 e. The maximum absolute atomic E-state index is 11.2. The number of carboxylic acid groups (broad SMARTS) is 1. The Morgan fingerprint density at radius 2 is 1.83 bits per heavy atom. The van der Waals surface area contributed by atoms with Gasteiger partial charge >= 0.3 is 5.97 Å². The van der Waals surface area contributed by atoms with E-state index in [-0.39, 0.29) is 0 Å². The van der Waals surface area contributed by atoms with Crippen molar-refractivity contribution in [2.24, 2.45) is 0 Å². The Hall–Kier alpha value is -3.49. The van der Waals surface area contributed by atoms with Gasteiger partial charge in [0.15, 0.2) is 5.60 Å². The summed E-state index contributed by atoms with van der Waals surface area (Å²) >= 11 is 3.49. The third-order valence-electron chi connectivity index (χ3n) is 5.66. The number of benzene rings is 2. The zero-order chi connectivity index (χ0) is 25.7. The van der Waals surface area contributed by atoms with Crippen LogP contribution in [0.15, 0.2) is 75.8 Å². The van der Waals surface area contributed by atoms with Crippen molar-refractivity contribution in [3.05, 3.63) is 99.6 Å². The molecule has 0 spiro atoms. The second kappa shape index (κ2) is 11.1. The highest BCUT2D eigenvalue weighted by Crippen LogP contribution is 2.25. The molecule has 4 aromatic rings. The molecule has 0 saturated heterocycles. The molecule has 2 aromatic carbocycles. The van der Waals surface area contributed by atoms with E-state index < -0.39 is 11.6 Å². The highest BCUT2D eigenvalue weighted by atomic mass is 79.9. The van der Waals surface area contributed by atoms with E-state index in [2.05, 4.69) is 32.3 Å². The summed E-state index contributed by atoms with van der Waals surface area (Å²) in [7, 11) is 0. The number of nitrogens with one attached hydrogen (secondary N) is 1. The van der Waals surface area contributed by atoms with Crippen molar-refractivity contribution in [3.63, 3.8) is 0 Å². The summed E-state index contributed by atoms with van der Waals surface area (Å²) in [4.78, 5) is 20.5. The van der Waals surface area contributed by atoms with Crippen LogP contribution in [0.4, 0.5) is 0 Å². The van der Waals surface area contributed by atoms with Gasteiger partial charge in [0.05, 0.1) is 5.69 Å². The van der Waals surface area contributed by atoms with Crippen molar-refractivity contribution >= 4 is 21.9 Å². The molecule has 186 valence electrons. The first-order valence-corrected chi connectivity index (χ1v) is 12.4. The van der Waals surface area contributed by atoms with Gasteiger partial charge in [-0.3, -0.25) is 4.98 Å². The van der Waals surface area contributed by atoms with Gasteiger partial charge in [-0.2, -0.15) is 0 Å². The number of aliphatic carboxylic acids is 1. The molecule has 2 aromatic heterocycles. The number of aromatic nitrogens is 2. The lowest BCUT2D eigenvalue weighted by Crippen LogP contribution is -2.37. The van der Waals surface area contributed by atoms with Crippen molar-refractivity contribution < 1.29 is 19.1 Å². The van der Waals surface area contributed by atoms with Gasteiger partial charge in [-0.1, -0.05) is 34.1 Å². The van der Waals surface area contributed by atoms with E-state index in [4.69, 9.17) is 14.1 Å². The molecule has 0 amide bonds. The van der Waals surface area contributed by atoms with Crippen molar-refractivity contribution in [1.82, 2.24) is 15.3 Å². The monoisotopic (exact) mass is 549 g/mol. The third kappa shape index (κ3) is 6.59. The average Bonchev–Trinajstić information content (AvgIpc) is 3.20. The van der Waals surface area contributed by atoms with Gasteiger partial charge in [-0.25, -0.2) is 9.78 Å². The largest absolute Gasteiger partial charge is 0.478 e. The molecule has 36 heavy (non-hydrogen) atoms. The molecule has 0 radical (unpaired) electrons. The van der Waals surface area contributed by atoms with E-state index in [1.165, 1.54) is 13.8 Å². The number of oxazole rings is 1. The van der Waals surface area contributed by atoms with Crippen LogP contribution in [0.1, 0.15) is 42.1 Å². The summed E-state index contributed by atoms with van der Waals surface area (Å²) in [6, 6.07) is 19.4. The Balaban J connectivity index is 1.33. The van der Waals surface area contributed by atoms with Crippen LogP contribution in [-0.2, 0) is 24.3 Å². The topological polar surface area (TPSA) is 97.5 Å². The molecule has 0 saturated carbocycles. The molecule has 0 fully saturated rings.